The number of carbonyl (C=O) groups is 2. The Labute approximate surface area is 109 Å². The van der Waals surface area contributed by atoms with Gasteiger partial charge in [-0.1, -0.05) is 0 Å². The number of carbonyl (C=O) groups excluding carboxylic acids is 2. The van der Waals surface area contributed by atoms with Gasteiger partial charge in [-0.05, 0) is 24.1 Å². The van der Waals surface area contributed by atoms with E-state index >= 15 is 0 Å². The van der Waals surface area contributed by atoms with Crippen molar-refractivity contribution in [3.8, 4) is 0 Å². The number of anilines is 1. The summed E-state index contributed by atoms with van der Waals surface area (Å²) in [5.74, 6) is -0.838. The average molecular weight is 256 g/mol. The molecule has 1 aliphatic rings. The Morgan fingerprint density at radius 1 is 1.32 bits per heavy atom. The third kappa shape index (κ3) is 2.01. The Balaban J connectivity index is 2.06. The lowest BCUT2D eigenvalue weighted by Crippen LogP contribution is -2.39. The summed E-state index contributed by atoms with van der Waals surface area (Å²) in [6, 6.07) is 3.60. The van der Waals surface area contributed by atoms with Crippen molar-refractivity contribution in [3.63, 3.8) is 0 Å². The standard InChI is InChI=1S/C13H12N4O2/c14-10-4-7(3-8-5-15-6-16-12(8)10)9-1-2-11(18)17-13(9)19/h3-6,9H,1-2,14H2,(H,17,18,19). The first kappa shape index (κ1) is 11.6. The number of hydrogen-bond donors (Lipinski definition) is 2. The second-order valence-corrected chi connectivity index (χ2v) is 4.57. The van der Waals surface area contributed by atoms with Crippen molar-refractivity contribution in [1.82, 2.24) is 15.3 Å². The minimum atomic E-state index is -0.343. The Kier molecular flexibility index (Phi) is 2.63. The van der Waals surface area contributed by atoms with E-state index in [9.17, 15) is 9.59 Å². The van der Waals surface area contributed by atoms with E-state index in [0.29, 0.717) is 24.0 Å². The lowest BCUT2D eigenvalue weighted by Gasteiger charge is -2.21. The fraction of sp³-hybridized carbons (Fsp3) is 0.231. The molecule has 0 radical (unpaired) electrons. The molecule has 2 amide bonds. The van der Waals surface area contributed by atoms with E-state index in [4.69, 9.17) is 5.73 Å². The van der Waals surface area contributed by atoms with E-state index < -0.39 is 0 Å². The van der Waals surface area contributed by atoms with Gasteiger partial charge in [-0.2, -0.15) is 0 Å². The second kappa shape index (κ2) is 4.31. The molecule has 0 bridgehead atoms. The van der Waals surface area contributed by atoms with Gasteiger partial charge in [-0.25, -0.2) is 9.97 Å². The Bertz CT molecular complexity index is 683. The SMILES string of the molecule is Nc1cc(C2CCC(=O)NC2=O)cc2cncnc12. The number of fused-ring (bicyclic) bond motifs is 1. The van der Waals surface area contributed by atoms with Gasteiger partial charge in [-0.15, -0.1) is 0 Å². The predicted molar refractivity (Wildman–Crippen MR) is 69.1 cm³/mol. The van der Waals surface area contributed by atoms with Crippen LogP contribution in [0.1, 0.15) is 24.3 Å². The number of benzene rings is 1. The molecule has 6 heteroatoms. The molecule has 1 unspecified atom stereocenters. The normalized spacial score (nSPS) is 19.5. The topological polar surface area (TPSA) is 98.0 Å². The van der Waals surface area contributed by atoms with Crippen LogP contribution < -0.4 is 11.1 Å². The number of nitrogens with one attached hydrogen (secondary N) is 1. The first-order valence-electron chi connectivity index (χ1n) is 5.98. The van der Waals surface area contributed by atoms with Crippen LogP contribution in [0.5, 0.6) is 0 Å². The summed E-state index contributed by atoms with van der Waals surface area (Å²) in [6.07, 6.45) is 3.95. The van der Waals surface area contributed by atoms with Gasteiger partial charge in [0.1, 0.15) is 6.33 Å². The van der Waals surface area contributed by atoms with Crippen LogP contribution in [0.15, 0.2) is 24.7 Å². The minimum absolute atomic E-state index is 0.224. The van der Waals surface area contributed by atoms with Crippen LogP contribution in [0.25, 0.3) is 10.9 Å². The summed E-state index contributed by atoms with van der Waals surface area (Å²) < 4.78 is 0. The highest BCUT2D eigenvalue weighted by Crippen LogP contribution is 2.29. The zero-order chi connectivity index (χ0) is 13.4. The number of piperidine rings is 1. The number of nitrogen functional groups attached to an aromatic ring is 1. The number of rotatable bonds is 1. The summed E-state index contributed by atoms with van der Waals surface area (Å²) in [4.78, 5) is 31.1. The van der Waals surface area contributed by atoms with Crippen molar-refractivity contribution >= 4 is 28.4 Å². The first-order chi connectivity index (χ1) is 9.15. The van der Waals surface area contributed by atoms with E-state index in [1.165, 1.54) is 6.33 Å². The smallest absolute Gasteiger partial charge is 0.234 e. The summed E-state index contributed by atoms with van der Waals surface area (Å²) >= 11 is 0. The van der Waals surface area contributed by atoms with Crippen LogP contribution in [0, 0.1) is 0 Å². The van der Waals surface area contributed by atoms with Gasteiger partial charge in [0, 0.05) is 18.0 Å². The van der Waals surface area contributed by atoms with E-state index in [0.717, 1.165) is 10.9 Å². The quantitative estimate of drug-likeness (QED) is 0.579. The third-order valence-electron chi connectivity index (χ3n) is 3.30. The maximum Gasteiger partial charge on any atom is 0.234 e. The maximum atomic E-state index is 11.8. The molecular weight excluding hydrogens is 244 g/mol. The van der Waals surface area contributed by atoms with Crippen molar-refractivity contribution in [3.05, 3.63) is 30.2 Å². The molecule has 1 atom stereocenters. The third-order valence-corrected chi connectivity index (χ3v) is 3.30. The van der Waals surface area contributed by atoms with Gasteiger partial charge >= 0.3 is 0 Å². The Morgan fingerprint density at radius 2 is 2.16 bits per heavy atom. The number of imide groups is 1. The number of hydrogen-bond acceptors (Lipinski definition) is 5. The van der Waals surface area contributed by atoms with E-state index in [-0.39, 0.29) is 17.7 Å². The number of nitrogens with zero attached hydrogens (tertiary/aromatic N) is 2. The largest absolute Gasteiger partial charge is 0.397 e. The van der Waals surface area contributed by atoms with Gasteiger partial charge in [0.05, 0.1) is 17.1 Å². The summed E-state index contributed by atoms with van der Waals surface area (Å²) in [5, 5.41) is 3.14. The molecular formula is C13H12N4O2. The first-order valence-corrected chi connectivity index (χ1v) is 5.98. The predicted octanol–water partition coefficient (Wildman–Crippen LogP) is 0.732. The Morgan fingerprint density at radius 3 is 2.95 bits per heavy atom. The monoisotopic (exact) mass is 256 g/mol. The zero-order valence-electron chi connectivity index (χ0n) is 10.1. The molecule has 0 saturated carbocycles. The van der Waals surface area contributed by atoms with Crippen LogP contribution >= 0.6 is 0 Å². The zero-order valence-corrected chi connectivity index (χ0v) is 10.1. The van der Waals surface area contributed by atoms with Gasteiger partial charge in [-0.3, -0.25) is 14.9 Å². The van der Waals surface area contributed by atoms with Crippen LogP contribution in [-0.2, 0) is 9.59 Å². The van der Waals surface area contributed by atoms with Gasteiger partial charge < -0.3 is 5.73 Å². The van der Waals surface area contributed by atoms with E-state index in [2.05, 4.69) is 15.3 Å². The van der Waals surface area contributed by atoms with Crippen LogP contribution in [0.3, 0.4) is 0 Å². The molecule has 1 fully saturated rings. The highest BCUT2D eigenvalue weighted by Gasteiger charge is 2.28. The van der Waals surface area contributed by atoms with E-state index in [1.54, 1.807) is 12.3 Å². The second-order valence-electron chi connectivity index (χ2n) is 4.57. The van der Waals surface area contributed by atoms with Crippen LogP contribution in [0.4, 0.5) is 5.69 Å². The lowest BCUT2D eigenvalue weighted by atomic mass is 9.89. The fourth-order valence-corrected chi connectivity index (χ4v) is 2.37. The summed E-state index contributed by atoms with van der Waals surface area (Å²) in [5.41, 5.74) is 7.93. The summed E-state index contributed by atoms with van der Waals surface area (Å²) in [6.45, 7) is 0. The van der Waals surface area contributed by atoms with Crippen molar-refractivity contribution in [1.29, 1.82) is 0 Å². The molecule has 1 aromatic heterocycles. The molecule has 0 spiro atoms. The highest BCUT2D eigenvalue weighted by atomic mass is 16.2. The van der Waals surface area contributed by atoms with Crippen LogP contribution in [0.2, 0.25) is 0 Å². The van der Waals surface area contributed by atoms with Crippen LogP contribution in [-0.4, -0.2) is 21.8 Å². The number of aromatic nitrogens is 2. The molecule has 96 valence electrons. The van der Waals surface area contributed by atoms with Crippen molar-refractivity contribution in [2.45, 2.75) is 18.8 Å². The molecule has 1 saturated heterocycles. The number of nitrogens with two attached hydrogens (primary N) is 1. The molecule has 3 rings (SSSR count). The minimum Gasteiger partial charge on any atom is -0.397 e. The van der Waals surface area contributed by atoms with Crippen molar-refractivity contribution in [2.75, 3.05) is 5.73 Å². The molecule has 2 heterocycles. The lowest BCUT2D eigenvalue weighted by molar-refractivity contribution is -0.134. The number of amides is 2. The average Bonchev–Trinajstić information content (AvgIpc) is 2.38. The molecule has 19 heavy (non-hydrogen) atoms. The molecule has 0 aliphatic carbocycles. The van der Waals surface area contributed by atoms with Gasteiger partial charge in [0.15, 0.2) is 0 Å². The molecule has 1 aromatic carbocycles. The molecule has 1 aliphatic heterocycles. The summed E-state index contributed by atoms with van der Waals surface area (Å²) in [7, 11) is 0. The maximum absolute atomic E-state index is 11.8. The van der Waals surface area contributed by atoms with Crippen molar-refractivity contribution < 1.29 is 9.59 Å². The van der Waals surface area contributed by atoms with Crippen molar-refractivity contribution in [2.24, 2.45) is 0 Å². The Hall–Kier alpha value is -2.50. The fourth-order valence-electron chi connectivity index (χ4n) is 2.37. The molecule has 6 nitrogen and oxygen atoms in total. The molecule has 3 N–H and O–H groups in total. The van der Waals surface area contributed by atoms with E-state index in [1.807, 2.05) is 6.07 Å². The van der Waals surface area contributed by atoms with Gasteiger partial charge in [0.25, 0.3) is 0 Å². The molecule has 2 aromatic rings. The van der Waals surface area contributed by atoms with Gasteiger partial charge in [0.2, 0.25) is 11.8 Å². The highest BCUT2D eigenvalue weighted by molar-refractivity contribution is 6.01.